The highest BCUT2D eigenvalue weighted by Gasteiger charge is 2.19. The van der Waals surface area contributed by atoms with Gasteiger partial charge in [-0.25, -0.2) is 4.39 Å². The zero-order valence-corrected chi connectivity index (χ0v) is 11.4. The highest BCUT2D eigenvalue weighted by Crippen LogP contribution is 2.25. The maximum absolute atomic E-state index is 13.3. The lowest BCUT2D eigenvalue weighted by atomic mass is 10.2. The summed E-state index contributed by atoms with van der Waals surface area (Å²) in [7, 11) is 0. The van der Waals surface area contributed by atoms with E-state index < -0.39 is 5.82 Å². The van der Waals surface area contributed by atoms with Gasteiger partial charge in [0.15, 0.2) is 0 Å². The predicted molar refractivity (Wildman–Crippen MR) is 69.7 cm³/mol. The first kappa shape index (κ1) is 15.2. The topological polar surface area (TPSA) is 40.5 Å². The molecule has 1 N–H and O–H groups in total. The van der Waals surface area contributed by atoms with E-state index >= 15 is 0 Å². The van der Waals surface area contributed by atoms with Gasteiger partial charge in [-0.3, -0.25) is 4.79 Å². The molecule has 1 aromatic carbocycles. The summed E-state index contributed by atoms with van der Waals surface area (Å²) in [5, 5.41) is 8.76. The number of benzene rings is 1. The van der Waals surface area contributed by atoms with Crippen molar-refractivity contribution in [2.24, 2.45) is 0 Å². The molecule has 1 rings (SSSR count). The van der Waals surface area contributed by atoms with Crippen LogP contribution in [-0.4, -0.2) is 35.6 Å². The average molecular weight is 294 g/mol. The van der Waals surface area contributed by atoms with E-state index in [1.807, 2.05) is 0 Å². The molecule has 0 atom stereocenters. The molecule has 0 aromatic heterocycles. The number of carbonyl (C=O) groups is 1. The number of aliphatic hydroxyl groups excluding tert-OH is 1. The van der Waals surface area contributed by atoms with Crippen molar-refractivity contribution in [2.75, 3.05) is 19.7 Å². The van der Waals surface area contributed by atoms with Crippen molar-refractivity contribution in [1.29, 1.82) is 0 Å². The van der Waals surface area contributed by atoms with Crippen LogP contribution in [-0.2, 0) is 0 Å². The minimum Gasteiger partial charge on any atom is -0.396 e. The van der Waals surface area contributed by atoms with Gasteiger partial charge in [0.05, 0.1) is 15.6 Å². The van der Waals surface area contributed by atoms with E-state index in [0.717, 1.165) is 6.07 Å². The minimum absolute atomic E-state index is 0.00745. The molecule has 6 heteroatoms. The van der Waals surface area contributed by atoms with E-state index in [1.165, 1.54) is 11.0 Å². The molecule has 0 unspecified atom stereocenters. The molecular weight excluding hydrogens is 280 g/mol. The van der Waals surface area contributed by atoms with Crippen LogP contribution < -0.4 is 0 Å². The summed E-state index contributed by atoms with van der Waals surface area (Å²) >= 11 is 11.5. The Balaban J connectivity index is 2.98. The SMILES string of the molecule is CCN(CCCO)C(=O)c1cc(F)c(Cl)cc1Cl. The van der Waals surface area contributed by atoms with Crippen LogP contribution in [0.15, 0.2) is 12.1 Å². The van der Waals surface area contributed by atoms with Crippen molar-refractivity contribution in [3.63, 3.8) is 0 Å². The third-order valence-corrected chi connectivity index (χ3v) is 3.10. The second kappa shape index (κ2) is 6.92. The van der Waals surface area contributed by atoms with Crippen LogP contribution in [0.1, 0.15) is 23.7 Å². The van der Waals surface area contributed by atoms with E-state index in [0.29, 0.717) is 19.5 Å². The smallest absolute Gasteiger partial charge is 0.255 e. The molecule has 18 heavy (non-hydrogen) atoms. The highest BCUT2D eigenvalue weighted by molar-refractivity contribution is 6.36. The van der Waals surface area contributed by atoms with Gasteiger partial charge >= 0.3 is 0 Å². The monoisotopic (exact) mass is 293 g/mol. The predicted octanol–water partition coefficient (Wildman–Crippen LogP) is 2.98. The first-order valence-corrected chi connectivity index (χ1v) is 6.31. The van der Waals surface area contributed by atoms with Gasteiger partial charge in [-0.2, -0.15) is 0 Å². The number of halogens is 3. The van der Waals surface area contributed by atoms with Gasteiger partial charge in [0.2, 0.25) is 0 Å². The first-order valence-electron chi connectivity index (χ1n) is 5.56. The van der Waals surface area contributed by atoms with Crippen molar-refractivity contribution in [3.8, 4) is 0 Å². The van der Waals surface area contributed by atoms with Gasteiger partial charge < -0.3 is 10.0 Å². The highest BCUT2D eigenvalue weighted by atomic mass is 35.5. The fourth-order valence-electron chi connectivity index (χ4n) is 1.52. The number of aliphatic hydroxyl groups is 1. The van der Waals surface area contributed by atoms with Gasteiger partial charge in [0.25, 0.3) is 5.91 Å². The number of hydrogen-bond acceptors (Lipinski definition) is 2. The van der Waals surface area contributed by atoms with E-state index in [1.54, 1.807) is 6.92 Å². The van der Waals surface area contributed by atoms with Crippen molar-refractivity contribution in [2.45, 2.75) is 13.3 Å². The summed E-state index contributed by atoms with van der Waals surface area (Å²) < 4.78 is 13.3. The number of nitrogens with zero attached hydrogens (tertiary/aromatic N) is 1. The van der Waals surface area contributed by atoms with Gasteiger partial charge in [0.1, 0.15) is 5.82 Å². The summed E-state index contributed by atoms with van der Waals surface area (Å²) in [6, 6.07) is 2.25. The fourth-order valence-corrected chi connectivity index (χ4v) is 1.99. The Labute approximate surface area is 115 Å². The summed E-state index contributed by atoms with van der Waals surface area (Å²) in [4.78, 5) is 13.6. The maximum Gasteiger partial charge on any atom is 0.255 e. The number of carbonyl (C=O) groups excluding carboxylic acids is 1. The normalized spacial score (nSPS) is 10.5. The molecule has 0 aliphatic rings. The second-order valence-electron chi connectivity index (χ2n) is 3.71. The number of hydrogen-bond donors (Lipinski definition) is 1. The van der Waals surface area contributed by atoms with Crippen molar-refractivity contribution in [3.05, 3.63) is 33.6 Å². The standard InChI is InChI=1S/C12H14Cl2FNO2/c1-2-16(4-3-5-17)12(18)8-6-11(15)10(14)7-9(8)13/h6-7,17H,2-5H2,1H3. The lowest BCUT2D eigenvalue weighted by Gasteiger charge is -2.21. The third kappa shape index (κ3) is 3.57. The molecule has 0 aliphatic heterocycles. The molecule has 0 saturated heterocycles. The van der Waals surface area contributed by atoms with E-state index in [-0.39, 0.29) is 28.1 Å². The molecular formula is C12H14Cl2FNO2. The molecule has 0 fully saturated rings. The Hall–Kier alpha value is -0.840. The molecule has 0 bridgehead atoms. The van der Waals surface area contributed by atoms with E-state index in [9.17, 15) is 9.18 Å². The molecule has 1 aromatic rings. The van der Waals surface area contributed by atoms with Crippen molar-refractivity contribution in [1.82, 2.24) is 4.90 Å². The first-order chi connectivity index (χ1) is 8.51. The molecule has 0 spiro atoms. The average Bonchev–Trinajstić information content (AvgIpc) is 2.34. The lowest BCUT2D eigenvalue weighted by molar-refractivity contribution is 0.0754. The van der Waals surface area contributed by atoms with Crippen LogP contribution in [0.3, 0.4) is 0 Å². The molecule has 3 nitrogen and oxygen atoms in total. The van der Waals surface area contributed by atoms with Crippen molar-refractivity contribution >= 4 is 29.1 Å². The Bertz CT molecular complexity index is 440. The Morgan fingerprint density at radius 2 is 2.06 bits per heavy atom. The molecule has 0 heterocycles. The quantitative estimate of drug-likeness (QED) is 0.848. The number of amides is 1. The van der Waals surface area contributed by atoms with Crippen LogP contribution in [0.4, 0.5) is 4.39 Å². The van der Waals surface area contributed by atoms with Crippen LogP contribution >= 0.6 is 23.2 Å². The summed E-state index contributed by atoms with van der Waals surface area (Å²) in [6.07, 6.45) is 0.466. The van der Waals surface area contributed by atoms with Gasteiger partial charge in [-0.1, -0.05) is 23.2 Å². The van der Waals surface area contributed by atoms with Crippen LogP contribution in [0.2, 0.25) is 10.0 Å². The van der Waals surface area contributed by atoms with Crippen LogP contribution in [0.25, 0.3) is 0 Å². The largest absolute Gasteiger partial charge is 0.396 e. The summed E-state index contributed by atoms with van der Waals surface area (Å²) in [6.45, 7) is 2.65. The van der Waals surface area contributed by atoms with Gasteiger partial charge in [-0.15, -0.1) is 0 Å². The zero-order valence-electron chi connectivity index (χ0n) is 9.92. The number of rotatable bonds is 5. The molecule has 1 amide bonds. The molecule has 0 radical (unpaired) electrons. The fraction of sp³-hybridized carbons (Fsp3) is 0.417. The van der Waals surface area contributed by atoms with Gasteiger partial charge in [-0.05, 0) is 25.5 Å². The third-order valence-electron chi connectivity index (χ3n) is 2.50. The maximum atomic E-state index is 13.3. The minimum atomic E-state index is -0.678. The van der Waals surface area contributed by atoms with E-state index in [4.69, 9.17) is 28.3 Å². The Morgan fingerprint density at radius 3 is 2.61 bits per heavy atom. The van der Waals surface area contributed by atoms with E-state index in [2.05, 4.69) is 0 Å². The van der Waals surface area contributed by atoms with Gasteiger partial charge in [0, 0.05) is 19.7 Å². The zero-order chi connectivity index (χ0) is 13.7. The Morgan fingerprint density at radius 1 is 1.39 bits per heavy atom. The molecule has 100 valence electrons. The molecule has 0 aliphatic carbocycles. The van der Waals surface area contributed by atoms with Crippen molar-refractivity contribution < 1.29 is 14.3 Å². The van der Waals surface area contributed by atoms with Crippen LogP contribution in [0, 0.1) is 5.82 Å². The lowest BCUT2D eigenvalue weighted by Crippen LogP contribution is -2.32. The summed E-state index contributed by atoms with van der Waals surface area (Å²) in [5.41, 5.74) is 0.0818. The Kier molecular flexibility index (Phi) is 5.85. The van der Waals surface area contributed by atoms with Crippen LogP contribution in [0.5, 0.6) is 0 Å². The summed E-state index contributed by atoms with van der Waals surface area (Å²) in [5.74, 6) is -1.05. The second-order valence-corrected chi connectivity index (χ2v) is 4.52. The molecule has 0 saturated carbocycles.